The van der Waals surface area contributed by atoms with E-state index >= 15 is 0 Å². The molecule has 0 unspecified atom stereocenters. The number of aliphatic hydroxyl groups excluding tert-OH is 1. The predicted octanol–water partition coefficient (Wildman–Crippen LogP) is 1.53. The van der Waals surface area contributed by atoms with Crippen LogP contribution in [0.25, 0.3) is 0 Å². The lowest BCUT2D eigenvalue weighted by atomic mass is 9.88. The van der Waals surface area contributed by atoms with Gasteiger partial charge in [-0.25, -0.2) is 0 Å². The van der Waals surface area contributed by atoms with Crippen molar-refractivity contribution in [1.29, 1.82) is 0 Å². The van der Waals surface area contributed by atoms with E-state index in [2.05, 4.69) is 0 Å². The van der Waals surface area contributed by atoms with Gasteiger partial charge >= 0.3 is 6.18 Å². The first-order valence-electron chi connectivity index (χ1n) is 3.40. The zero-order chi connectivity index (χ0) is 9.99. The summed E-state index contributed by atoms with van der Waals surface area (Å²) in [7, 11) is 0. The van der Waals surface area contributed by atoms with Crippen molar-refractivity contribution in [2.45, 2.75) is 26.4 Å². The summed E-state index contributed by atoms with van der Waals surface area (Å²) in [6, 6.07) is 0. The third-order valence-electron chi connectivity index (χ3n) is 1.38. The van der Waals surface area contributed by atoms with Gasteiger partial charge in [0.2, 0.25) is 5.78 Å². The number of hydrogen-bond donors (Lipinski definition) is 1. The largest absolute Gasteiger partial charge is 0.449 e. The van der Waals surface area contributed by atoms with E-state index in [4.69, 9.17) is 5.11 Å². The van der Waals surface area contributed by atoms with Crippen LogP contribution in [0.5, 0.6) is 0 Å². The molecule has 0 rings (SSSR count). The molecular weight excluding hydrogens is 173 g/mol. The second-order valence-electron chi connectivity index (χ2n) is 3.42. The molecule has 0 saturated heterocycles. The van der Waals surface area contributed by atoms with Crippen LogP contribution in [-0.4, -0.2) is 23.7 Å². The van der Waals surface area contributed by atoms with E-state index in [0.29, 0.717) is 0 Å². The van der Waals surface area contributed by atoms with Crippen molar-refractivity contribution in [3.05, 3.63) is 0 Å². The molecule has 12 heavy (non-hydrogen) atoms. The Labute approximate surface area is 68.4 Å². The quantitative estimate of drug-likeness (QED) is 0.722. The number of halogens is 3. The summed E-state index contributed by atoms with van der Waals surface area (Å²) in [5, 5.41) is 8.59. The molecule has 5 heteroatoms. The molecule has 0 heterocycles. The van der Waals surface area contributed by atoms with Crippen molar-refractivity contribution < 1.29 is 23.1 Å². The Bertz CT molecular complexity index is 172. The van der Waals surface area contributed by atoms with E-state index in [1.807, 2.05) is 0 Å². The first-order chi connectivity index (χ1) is 5.19. The molecular formula is C7H11F3O2. The third-order valence-corrected chi connectivity index (χ3v) is 1.38. The highest BCUT2D eigenvalue weighted by Gasteiger charge is 2.40. The Morgan fingerprint density at radius 1 is 1.33 bits per heavy atom. The number of alkyl halides is 3. The second-order valence-corrected chi connectivity index (χ2v) is 3.42. The van der Waals surface area contributed by atoms with Gasteiger partial charge < -0.3 is 5.11 Å². The fourth-order valence-electron chi connectivity index (χ4n) is 0.591. The zero-order valence-corrected chi connectivity index (χ0v) is 6.90. The normalized spacial score (nSPS) is 13.2. The minimum absolute atomic E-state index is 0.436. The Kier molecular flexibility index (Phi) is 3.26. The molecule has 0 aliphatic carbocycles. The van der Waals surface area contributed by atoms with E-state index in [0.717, 1.165) is 0 Å². The van der Waals surface area contributed by atoms with Gasteiger partial charge in [-0.1, -0.05) is 13.8 Å². The topological polar surface area (TPSA) is 37.3 Å². The SMILES string of the molecule is CC(C)(CO)CC(=O)C(F)(F)F. The highest BCUT2D eigenvalue weighted by Crippen LogP contribution is 2.26. The Hall–Kier alpha value is -0.580. The number of carbonyl (C=O) groups excluding carboxylic acids is 1. The van der Waals surface area contributed by atoms with Gasteiger partial charge in [-0.2, -0.15) is 13.2 Å². The van der Waals surface area contributed by atoms with Crippen LogP contribution in [0, 0.1) is 5.41 Å². The van der Waals surface area contributed by atoms with Gasteiger partial charge in [0.15, 0.2) is 0 Å². The number of hydrogen-bond acceptors (Lipinski definition) is 2. The number of Topliss-reactive ketones (excluding diaryl/α,β-unsaturated/α-hetero) is 1. The van der Waals surface area contributed by atoms with E-state index in [1.165, 1.54) is 13.8 Å². The molecule has 0 aliphatic rings. The average molecular weight is 184 g/mol. The molecule has 0 aromatic carbocycles. The summed E-state index contributed by atoms with van der Waals surface area (Å²) in [5.74, 6) is -1.79. The monoisotopic (exact) mass is 184 g/mol. The molecule has 0 aliphatic heterocycles. The van der Waals surface area contributed by atoms with Crippen molar-refractivity contribution in [2.75, 3.05) is 6.61 Å². The summed E-state index contributed by atoms with van der Waals surface area (Å²) >= 11 is 0. The van der Waals surface area contributed by atoms with E-state index < -0.39 is 30.4 Å². The summed E-state index contributed by atoms with van der Waals surface area (Å²) in [6.45, 7) is 2.36. The first kappa shape index (κ1) is 11.4. The summed E-state index contributed by atoms with van der Waals surface area (Å²) < 4.78 is 35.1. The molecule has 0 spiro atoms. The van der Waals surface area contributed by atoms with Crippen molar-refractivity contribution in [3.8, 4) is 0 Å². The predicted molar refractivity (Wildman–Crippen MR) is 36.5 cm³/mol. The molecule has 72 valence electrons. The van der Waals surface area contributed by atoms with Crippen LogP contribution in [0.3, 0.4) is 0 Å². The third kappa shape index (κ3) is 3.71. The molecule has 0 bridgehead atoms. The van der Waals surface area contributed by atoms with Crippen LogP contribution in [0.4, 0.5) is 13.2 Å². The van der Waals surface area contributed by atoms with Crippen LogP contribution in [-0.2, 0) is 4.79 Å². The molecule has 0 amide bonds. The molecule has 2 nitrogen and oxygen atoms in total. The summed E-state index contributed by atoms with van der Waals surface area (Å²) in [5.41, 5.74) is -0.993. The maximum Gasteiger partial charge on any atom is 0.449 e. The molecule has 0 saturated carbocycles. The molecule has 0 fully saturated rings. The molecule has 0 aromatic rings. The number of rotatable bonds is 3. The van der Waals surface area contributed by atoms with Crippen molar-refractivity contribution in [1.82, 2.24) is 0 Å². The number of carbonyl (C=O) groups is 1. The van der Waals surface area contributed by atoms with Crippen LogP contribution >= 0.6 is 0 Å². The summed E-state index contributed by atoms with van der Waals surface area (Å²) in [6.07, 6.45) is -5.46. The van der Waals surface area contributed by atoms with Crippen molar-refractivity contribution in [3.63, 3.8) is 0 Å². The lowest BCUT2D eigenvalue weighted by Crippen LogP contribution is -2.30. The molecule has 0 atom stereocenters. The second kappa shape index (κ2) is 3.43. The standard InChI is InChI=1S/C7H11F3O2/c1-6(2,4-11)3-5(12)7(8,9)10/h11H,3-4H2,1-2H3. The van der Waals surface area contributed by atoms with E-state index in [-0.39, 0.29) is 0 Å². The fraction of sp³-hybridized carbons (Fsp3) is 0.857. The Balaban J connectivity index is 4.20. The van der Waals surface area contributed by atoms with Crippen molar-refractivity contribution in [2.24, 2.45) is 5.41 Å². The van der Waals surface area contributed by atoms with Gasteiger partial charge in [0, 0.05) is 13.0 Å². The molecule has 1 N–H and O–H groups in total. The highest BCUT2D eigenvalue weighted by molar-refractivity contribution is 5.84. The molecule has 0 radical (unpaired) electrons. The Morgan fingerprint density at radius 2 is 1.75 bits per heavy atom. The van der Waals surface area contributed by atoms with Gasteiger partial charge in [0.25, 0.3) is 0 Å². The lowest BCUT2D eigenvalue weighted by molar-refractivity contribution is -0.173. The van der Waals surface area contributed by atoms with Gasteiger partial charge in [-0.15, -0.1) is 0 Å². The fourth-order valence-corrected chi connectivity index (χ4v) is 0.591. The van der Waals surface area contributed by atoms with Gasteiger partial charge in [-0.3, -0.25) is 4.79 Å². The maximum atomic E-state index is 11.7. The summed E-state index contributed by atoms with van der Waals surface area (Å²) in [4.78, 5) is 10.4. The maximum absolute atomic E-state index is 11.7. The van der Waals surface area contributed by atoms with E-state index in [1.54, 1.807) is 0 Å². The van der Waals surface area contributed by atoms with Gasteiger partial charge in [-0.05, 0) is 5.41 Å². The number of ketones is 1. The minimum Gasteiger partial charge on any atom is -0.396 e. The van der Waals surface area contributed by atoms with Crippen LogP contribution < -0.4 is 0 Å². The van der Waals surface area contributed by atoms with Gasteiger partial charge in [0.05, 0.1) is 0 Å². The van der Waals surface area contributed by atoms with Crippen LogP contribution in [0.15, 0.2) is 0 Å². The Morgan fingerprint density at radius 3 is 2.00 bits per heavy atom. The smallest absolute Gasteiger partial charge is 0.396 e. The van der Waals surface area contributed by atoms with Crippen LogP contribution in [0.2, 0.25) is 0 Å². The van der Waals surface area contributed by atoms with Crippen LogP contribution in [0.1, 0.15) is 20.3 Å². The minimum atomic E-state index is -4.79. The first-order valence-corrected chi connectivity index (χ1v) is 3.40. The lowest BCUT2D eigenvalue weighted by Gasteiger charge is -2.20. The van der Waals surface area contributed by atoms with E-state index in [9.17, 15) is 18.0 Å². The number of aliphatic hydroxyl groups is 1. The van der Waals surface area contributed by atoms with Gasteiger partial charge in [0.1, 0.15) is 0 Å². The zero-order valence-electron chi connectivity index (χ0n) is 6.90. The van der Waals surface area contributed by atoms with Crippen molar-refractivity contribution >= 4 is 5.78 Å². The average Bonchev–Trinajstić information content (AvgIpc) is 1.85. The highest BCUT2D eigenvalue weighted by atomic mass is 19.4. The molecule has 0 aromatic heterocycles.